The van der Waals surface area contributed by atoms with Gasteiger partial charge < -0.3 is 15.3 Å². The van der Waals surface area contributed by atoms with E-state index in [1.807, 2.05) is 17.8 Å². The molecule has 0 bridgehead atoms. The van der Waals surface area contributed by atoms with Gasteiger partial charge in [-0.3, -0.25) is 4.68 Å². The molecule has 3 rings (SSSR count). The molecule has 0 amide bonds. The normalized spacial score (nSPS) is 16.0. The van der Waals surface area contributed by atoms with E-state index < -0.39 is 0 Å². The first-order valence-electron chi connectivity index (χ1n) is 9.01. The van der Waals surface area contributed by atoms with Gasteiger partial charge in [0.25, 0.3) is 0 Å². The SMILES string of the molecule is [C-]#[N+]C[C@H](C1CCCC1)n1cc(-c2ncnc(N)c2/C=C/OCC)cn1. The molecule has 1 saturated carbocycles. The van der Waals surface area contributed by atoms with Crippen LogP contribution in [0.25, 0.3) is 22.2 Å². The van der Waals surface area contributed by atoms with Gasteiger partial charge in [-0.1, -0.05) is 12.8 Å². The largest absolute Gasteiger partial charge is 0.501 e. The molecule has 7 nitrogen and oxygen atoms in total. The maximum Gasteiger partial charge on any atom is 0.237 e. The van der Waals surface area contributed by atoms with Crippen molar-refractivity contribution in [1.82, 2.24) is 19.7 Å². The van der Waals surface area contributed by atoms with Gasteiger partial charge in [0.2, 0.25) is 6.54 Å². The van der Waals surface area contributed by atoms with Crippen LogP contribution in [0.2, 0.25) is 0 Å². The lowest BCUT2D eigenvalue weighted by Gasteiger charge is -2.18. The summed E-state index contributed by atoms with van der Waals surface area (Å²) in [6.07, 6.45) is 13.4. The molecule has 2 aromatic heterocycles. The van der Waals surface area contributed by atoms with Crippen LogP contribution in [0.5, 0.6) is 0 Å². The second kappa shape index (κ2) is 8.48. The van der Waals surface area contributed by atoms with Crippen molar-refractivity contribution in [3.63, 3.8) is 0 Å². The molecule has 0 spiro atoms. The number of hydrogen-bond donors (Lipinski definition) is 1. The first-order valence-corrected chi connectivity index (χ1v) is 9.01. The van der Waals surface area contributed by atoms with E-state index in [0.717, 1.165) is 18.4 Å². The Bertz CT molecular complexity index is 801. The summed E-state index contributed by atoms with van der Waals surface area (Å²) in [6.45, 7) is 10.2. The minimum Gasteiger partial charge on any atom is -0.501 e. The molecule has 0 aliphatic heterocycles. The third-order valence-corrected chi connectivity index (χ3v) is 4.85. The summed E-state index contributed by atoms with van der Waals surface area (Å²) in [5.41, 5.74) is 8.32. The van der Waals surface area contributed by atoms with Gasteiger partial charge in [-0.15, -0.1) is 0 Å². The van der Waals surface area contributed by atoms with Crippen LogP contribution in [0.3, 0.4) is 0 Å². The van der Waals surface area contributed by atoms with Crippen LogP contribution in [0.1, 0.15) is 44.2 Å². The zero-order valence-electron chi connectivity index (χ0n) is 15.0. The Morgan fingerprint density at radius 1 is 1.42 bits per heavy atom. The highest BCUT2D eigenvalue weighted by Gasteiger charge is 2.29. The second-order valence-corrected chi connectivity index (χ2v) is 6.44. The van der Waals surface area contributed by atoms with E-state index in [2.05, 4.69) is 19.9 Å². The molecule has 136 valence electrons. The summed E-state index contributed by atoms with van der Waals surface area (Å²) >= 11 is 0. The maximum absolute atomic E-state index is 7.30. The lowest BCUT2D eigenvalue weighted by molar-refractivity contribution is 0.272. The lowest BCUT2D eigenvalue weighted by atomic mass is 9.98. The van der Waals surface area contributed by atoms with Gasteiger partial charge in [0.15, 0.2) is 0 Å². The van der Waals surface area contributed by atoms with Gasteiger partial charge in [0.1, 0.15) is 18.2 Å². The highest BCUT2D eigenvalue weighted by atomic mass is 16.5. The van der Waals surface area contributed by atoms with Crippen molar-refractivity contribution in [2.24, 2.45) is 5.92 Å². The molecule has 0 radical (unpaired) electrons. The van der Waals surface area contributed by atoms with Crippen LogP contribution in [0.15, 0.2) is 25.0 Å². The molecular weight excluding hydrogens is 328 g/mol. The smallest absolute Gasteiger partial charge is 0.237 e. The molecule has 1 aliphatic rings. The van der Waals surface area contributed by atoms with Crippen molar-refractivity contribution in [3.05, 3.63) is 42.0 Å². The van der Waals surface area contributed by atoms with E-state index in [0.29, 0.717) is 36.1 Å². The topological polar surface area (TPSA) is 83.2 Å². The van der Waals surface area contributed by atoms with Gasteiger partial charge in [-0.25, -0.2) is 16.5 Å². The summed E-state index contributed by atoms with van der Waals surface area (Å²) in [7, 11) is 0. The molecule has 1 atom stereocenters. The second-order valence-electron chi connectivity index (χ2n) is 6.44. The summed E-state index contributed by atoms with van der Waals surface area (Å²) in [6, 6.07) is 0.116. The van der Waals surface area contributed by atoms with Crippen molar-refractivity contribution in [2.75, 3.05) is 18.9 Å². The van der Waals surface area contributed by atoms with E-state index >= 15 is 0 Å². The fourth-order valence-corrected chi connectivity index (χ4v) is 3.54. The van der Waals surface area contributed by atoms with Gasteiger partial charge in [0, 0.05) is 17.3 Å². The Kier molecular flexibility index (Phi) is 5.84. The van der Waals surface area contributed by atoms with Crippen molar-refractivity contribution in [3.8, 4) is 11.3 Å². The molecule has 2 N–H and O–H groups in total. The predicted molar refractivity (Wildman–Crippen MR) is 101 cm³/mol. The van der Waals surface area contributed by atoms with Crippen LogP contribution >= 0.6 is 0 Å². The minimum atomic E-state index is 0.116. The first-order chi connectivity index (χ1) is 12.7. The van der Waals surface area contributed by atoms with Gasteiger partial charge in [-0.05, 0) is 31.8 Å². The van der Waals surface area contributed by atoms with Gasteiger partial charge in [0.05, 0.1) is 24.8 Å². The standard InChI is InChI=1S/C19H24N6O/c1-3-26-9-8-16-18(22-13-23-19(16)20)15-10-24-25(12-15)17(11-21-2)14-6-4-5-7-14/h8-10,12-14,17H,3-7,11H2,1H3,(H2,20,22,23)/b9-8+/t17-/m1/s1. The van der Waals surface area contributed by atoms with Crippen molar-refractivity contribution in [2.45, 2.75) is 38.6 Å². The highest BCUT2D eigenvalue weighted by Crippen LogP contribution is 2.35. The molecule has 2 heterocycles. The number of hydrogen-bond acceptors (Lipinski definition) is 5. The third kappa shape index (κ3) is 3.85. The maximum atomic E-state index is 7.30. The van der Waals surface area contributed by atoms with Gasteiger partial charge in [-0.2, -0.15) is 5.10 Å². The molecule has 26 heavy (non-hydrogen) atoms. The van der Waals surface area contributed by atoms with Crippen LogP contribution in [-0.4, -0.2) is 32.9 Å². The van der Waals surface area contributed by atoms with E-state index in [1.165, 1.54) is 19.2 Å². The Balaban J connectivity index is 1.92. The van der Waals surface area contributed by atoms with Gasteiger partial charge >= 0.3 is 0 Å². The number of aromatic nitrogens is 4. The lowest BCUT2D eigenvalue weighted by Crippen LogP contribution is -2.20. The molecule has 2 aromatic rings. The predicted octanol–water partition coefficient (Wildman–Crippen LogP) is 3.58. The number of anilines is 1. The average Bonchev–Trinajstić information content (AvgIpc) is 3.33. The van der Waals surface area contributed by atoms with E-state index in [9.17, 15) is 0 Å². The summed E-state index contributed by atoms with van der Waals surface area (Å²) < 4.78 is 7.21. The third-order valence-electron chi connectivity index (χ3n) is 4.85. The van der Waals surface area contributed by atoms with Crippen LogP contribution in [0.4, 0.5) is 5.82 Å². The fraction of sp³-hybridized carbons (Fsp3) is 0.474. The number of nitrogens with two attached hydrogens (primary N) is 1. The zero-order valence-corrected chi connectivity index (χ0v) is 15.0. The zero-order chi connectivity index (χ0) is 18.4. The summed E-state index contributed by atoms with van der Waals surface area (Å²) in [5, 5.41) is 4.54. The fourth-order valence-electron chi connectivity index (χ4n) is 3.54. The summed E-state index contributed by atoms with van der Waals surface area (Å²) in [4.78, 5) is 12.1. The average molecular weight is 352 g/mol. The number of rotatable bonds is 7. The summed E-state index contributed by atoms with van der Waals surface area (Å²) in [5.74, 6) is 0.914. The molecule has 0 aromatic carbocycles. The number of nitrogens with zero attached hydrogens (tertiary/aromatic N) is 5. The van der Waals surface area contributed by atoms with Crippen LogP contribution < -0.4 is 5.73 Å². The molecule has 7 heteroatoms. The Labute approximate surface area is 153 Å². The molecule has 1 fully saturated rings. The van der Waals surface area contributed by atoms with Crippen molar-refractivity contribution >= 4 is 11.9 Å². The molecular formula is C19H24N6O. The van der Waals surface area contributed by atoms with Crippen molar-refractivity contribution in [1.29, 1.82) is 0 Å². The highest BCUT2D eigenvalue weighted by molar-refractivity contribution is 5.76. The Hall–Kier alpha value is -2.88. The molecule has 0 saturated heterocycles. The van der Waals surface area contributed by atoms with Crippen LogP contribution in [0, 0.1) is 12.5 Å². The first kappa shape index (κ1) is 17.9. The van der Waals surface area contributed by atoms with E-state index in [4.69, 9.17) is 17.0 Å². The monoisotopic (exact) mass is 352 g/mol. The Morgan fingerprint density at radius 3 is 2.96 bits per heavy atom. The molecule has 0 unspecified atom stereocenters. The quantitative estimate of drug-likeness (QED) is 0.608. The minimum absolute atomic E-state index is 0.116. The number of ether oxygens (including phenoxy) is 1. The van der Waals surface area contributed by atoms with E-state index in [-0.39, 0.29) is 6.04 Å². The Morgan fingerprint density at radius 2 is 2.23 bits per heavy atom. The van der Waals surface area contributed by atoms with Crippen molar-refractivity contribution < 1.29 is 4.74 Å². The number of nitrogen functional groups attached to an aromatic ring is 1. The van der Waals surface area contributed by atoms with Crippen LogP contribution in [-0.2, 0) is 4.74 Å². The molecule has 1 aliphatic carbocycles. The van der Waals surface area contributed by atoms with E-state index in [1.54, 1.807) is 18.5 Å².